The summed E-state index contributed by atoms with van der Waals surface area (Å²) in [6, 6.07) is 2.24. The lowest BCUT2D eigenvalue weighted by molar-refractivity contribution is 0.197. The summed E-state index contributed by atoms with van der Waals surface area (Å²) in [5.74, 6) is 0. The number of ether oxygens (including phenoxy) is 1. The van der Waals surface area contributed by atoms with Gasteiger partial charge in [0.2, 0.25) is 0 Å². The van der Waals surface area contributed by atoms with Crippen LogP contribution >= 0.6 is 0 Å². The molecule has 0 heterocycles. The summed E-state index contributed by atoms with van der Waals surface area (Å²) in [5, 5.41) is 11.7. The Morgan fingerprint density at radius 3 is 2.80 bits per heavy atom. The fourth-order valence-corrected chi connectivity index (χ4v) is 0.845. The van der Waals surface area contributed by atoms with Crippen molar-refractivity contribution < 1.29 is 4.74 Å². The van der Waals surface area contributed by atoms with E-state index in [9.17, 15) is 0 Å². The number of nitrogens with one attached hydrogen (secondary N) is 1. The smallest absolute Gasteiger partial charge is 0.107 e. The van der Waals surface area contributed by atoms with Crippen molar-refractivity contribution in [3.63, 3.8) is 0 Å². The molecule has 3 nitrogen and oxygen atoms in total. The highest BCUT2D eigenvalue weighted by Gasteiger charge is 2.42. The standard InChI is InChI=1S/C7H12N2O/c1-10-5-4-9-7(6-8)2-3-7/h9H,2-5H2,1H3. The van der Waals surface area contributed by atoms with Gasteiger partial charge in [0.05, 0.1) is 12.7 Å². The first-order valence-electron chi connectivity index (χ1n) is 3.48. The number of hydrogen-bond acceptors (Lipinski definition) is 3. The number of nitriles is 1. The van der Waals surface area contributed by atoms with Crippen LogP contribution in [0.4, 0.5) is 0 Å². The average Bonchev–Trinajstić information content (AvgIpc) is 2.70. The van der Waals surface area contributed by atoms with Gasteiger partial charge in [0.25, 0.3) is 0 Å². The van der Waals surface area contributed by atoms with E-state index < -0.39 is 0 Å². The Morgan fingerprint density at radius 2 is 2.40 bits per heavy atom. The maximum atomic E-state index is 8.60. The molecule has 0 radical (unpaired) electrons. The summed E-state index contributed by atoms with van der Waals surface area (Å²) in [5.41, 5.74) is -0.182. The minimum absolute atomic E-state index is 0.182. The van der Waals surface area contributed by atoms with Gasteiger partial charge < -0.3 is 4.74 Å². The number of rotatable bonds is 4. The fraction of sp³-hybridized carbons (Fsp3) is 0.857. The number of hydrogen-bond donors (Lipinski definition) is 1. The summed E-state index contributed by atoms with van der Waals surface area (Å²) in [6.07, 6.45) is 1.99. The van der Waals surface area contributed by atoms with Crippen LogP contribution in [-0.2, 0) is 4.74 Å². The van der Waals surface area contributed by atoms with Gasteiger partial charge in [-0.15, -0.1) is 0 Å². The van der Waals surface area contributed by atoms with Crippen molar-refractivity contribution in [3.05, 3.63) is 0 Å². The second-order valence-corrected chi connectivity index (χ2v) is 2.61. The maximum absolute atomic E-state index is 8.60. The van der Waals surface area contributed by atoms with Crippen LogP contribution < -0.4 is 5.32 Å². The lowest BCUT2D eigenvalue weighted by Crippen LogP contribution is -2.32. The third-order valence-electron chi connectivity index (χ3n) is 1.73. The van der Waals surface area contributed by atoms with Crippen LogP contribution in [0.5, 0.6) is 0 Å². The van der Waals surface area contributed by atoms with Crippen LogP contribution in [-0.4, -0.2) is 25.8 Å². The molecule has 1 fully saturated rings. The lowest BCUT2D eigenvalue weighted by Gasteiger charge is -2.06. The summed E-state index contributed by atoms with van der Waals surface area (Å²) >= 11 is 0. The molecule has 1 aliphatic carbocycles. The van der Waals surface area contributed by atoms with E-state index in [4.69, 9.17) is 10.00 Å². The summed E-state index contributed by atoms with van der Waals surface area (Å²) in [7, 11) is 1.66. The summed E-state index contributed by atoms with van der Waals surface area (Å²) in [4.78, 5) is 0. The first kappa shape index (κ1) is 7.52. The molecule has 0 aromatic rings. The van der Waals surface area contributed by atoms with Gasteiger partial charge in [-0.05, 0) is 12.8 Å². The van der Waals surface area contributed by atoms with E-state index in [0.717, 1.165) is 19.4 Å². The molecule has 0 aromatic heterocycles. The van der Waals surface area contributed by atoms with Crippen LogP contribution in [0.1, 0.15) is 12.8 Å². The van der Waals surface area contributed by atoms with Crippen molar-refractivity contribution in [1.82, 2.24) is 5.32 Å². The first-order valence-corrected chi connectivity index (χ1v) is 3.48. The molecule has 0 spiro atoms. The average molecular weight is 140 g/mol. The van der Waals surface area contributed by atoms with Crippen LogP contribution in [0.25, 0.3) is 0 Å². The molecule has 0 amide bonds. The van der Waals surface area contributed by atoms with E-state index in [1.807, 2.05) is 0 Å². The van der Waals surface area contributed by atoms with Crippen LogP contribution in [0.2, 0.25) is 0 Å². The Hall–Kier alpha value is -0.590. The van der Waals surface area contributed by atoms with Gasteiger partial charge in [0, 0.05) is 13.7 Å². The first-order chi connectivity index (χ1) is 4.83. The number of nitrogens with zero attached hydrogens (tertiary/aromatic N) is 1. The van der Waals surface area contributed by atoms with Crippen molar-refractivity contribution in [2.45, 2.75) is 18.4 Å². The fourth-order valence-electron chi connectivity index (χ4n) is 0.845. The van der Waals surface area contributed by atoms with Gasteiger partial charge in [-0.25, -0.2) is 0 Å². The lowest BCUT2D eigenvalue weighted by atomic mass is 10.3. The zero-order valence-electron chi connectivity index (χ0n) is 6.18. The zero-order valence-corrected chi connectivity index (χ0v) is 6.18. The van der Waals surface area contributed by atoms with Crippen molar-refractivity contribution in [1.29, 1.82) is 5.26 Å². The second kappa shape index (κ2) is 3.00. The van der Waals surface area contributed by atoms with Crippen LogP contribution in [0, 0.1) is 11.3 Å². The predicted molar refractivity (Wildman–Crippen MR) is 37.5 cm³/mol. The minimum atomic E-state index is -0.182. The van der Waals surface area contributed by atoms with Crippen molar-refractivity contribution >= 4 is 0 Å². The molecule has 3 heteroatoms. The topological polar surface area (TPSA) is 45.0 Å². The van der Waals surface area contributed by atoms with Crippen LogP contribution in [0.15, 0.2) is 0 Å². The second-order valence-electron chi connectivity index (χ2n) is 2.61. The normalized spacial score (nSPS) is 20.0. The molecule has 1 saturated carbocycles. The van der Waals surface area contributed by atoms with Gasteiger partial charge in [-0.1, -0.05) is 0 Å². The van der Waals surface area contributed by atoms with E-state index in [1.54, 1.807) is 7.11 Å². The van der Waals surface area contributed by atoms with E-state index in [1.165, 1.54) is 0 Å². The third kappa shape index (κ3) is 1.69. The molecule has 1 aliphatic rings. The van der Waals surface area contributed by atoms with Gasteiger partial charge >= 0.3 is 0 Å². The molecular weight excluding hydrogens is 128 g/mol. The summed E-state index contributed by atoms with van der Waals surface area (Å²) < 4.78 is 4.84. The highest BCUT2D eigenvalue weighted by Crippen LogP contribution is 2.33. The molecular formula is C7H12N2O. The van der Waals surface area contributed by atoms with E-state index >= 15 is 0 Å². The van der Waals surface area contributed by atoms with Gasteiger partial charge in [-0.2, -0.15) is 5.26 Å². The third-order valence-corrected chi connectivity index (χ3v) is 1.73. The van der Waals surface area contributed by atoms with Gasteiger partial charge in [0.1, 0.15) is 5.54 Å². The molecule has 0 atom stereocenters. The predicted octanol–water partition coefficient (Wildman–Crippen LogP) is 0.279. The number of methoxy groups -OCH3 is 1. The quantitative estimate of drug-likeness (QED) is 0.570. The molecule has 56 valence electrons. The van der Waals surface area contributed by atoms with Crippen molar-refractivity contribution in [2.24, 2.45) is 0 Å². The Kier molecular flexibility index (Phi) is 2.25. The maximum Gasteiger partial charge on any atom is 0.107 e. The van der Waals surface area contributed by atoms with Gasteiger partial charge in [-0.3, -0.25) is 5.32 Å². The Morgan fingerprint density at radius 1 is 1.70 bits per heavy atom. The Balaban J connectivity index is 2.09. The van der Waals surface area contributed by atoms with Crippen LogP contribution in [0.3, 0.4) is 0 Å². The molecule has 1 N–H and O–H groups in total. The molecule has 0 saturated heterocycles. The largest absolute Gasteiger partial charge is 0.383 e. The molecule has 1 rings (SSSR count). The molecule has 10 heavy (non-hydrogen) atoms. The van der Waals surface area contributed by atoms with E-state index in [-0.39, 0.29) is 5.54 Å². The molecule has 0 aliphatic heterocycles. The van der Waals surface area contributed by atoms with Crippen molar-refractivity contribution in [2.75, 3.05) is 20.3 Å². The van der Waals surface area contributed by atoms with E-state index in [0.29, 0.717) is 6.61 Å². The highest BCUT2D eigenvalue weighted by atomic mass is 16.5. The van der Waals surface area contributed by atoms with Gasteiger partial charge in [0.15, 0.2) is 0 Å². The molecule has 0 unspecified atom stereocenters. The zero-order chi connectivity index (χ0) is 7.45. The van der Waals surface area contributed by atoms with Crippen molar-refractivity contribution in [3.8, 4) is 6.07 Å². The SMILES string of the molecule is COCCNC1(C#N)CC1. The Labute approximate surface area is 61.0 Å². The molecule has 0 bridgehead atoms. The summed E-state index contributed by atoms with van der Waals surface area (Å²) in [6.45, 7) is 1.47. The monoisotopic (exact) mass is 140 g/mol. The highest BCUT2D eigenvalue weighted by molar-refractivity contribution is 5.18. The molecule has 0 aromatic carbocycles. The van der Waals surface area contributed by atoms with E-state index in [2.05, 4.69) is 11.4 Å². The minimum Gasteiger partial charge on any atom is -0.383 e. The Bertz CT molecular complexity index is 146.